The van der Waals surface area contributed by atoms with Crippen molar-refractivity contribution in [3.63, 3.8) is 0 Å². The molecule has 0 unspecified atom stereocenters. The Hall–Kier alpha value is -2.99. The van der Waals surface area contributed by atoms with Crippen LogP contribution in [-0.4, -0.2) is 43.0 Å². The molecule has 0 radical (unpaired) electrons. The summed E-state index contributed by atoms with van der Waals surface area (Å²) in [5, 5.41) is 3.21. The number of hydrogen-bond donors (Lipinski definition) is 1. The Morgan fingerprint density at radius 3 is 2.29 bits per heavy atom. The van der Waals surface area contributed by atoms with Gasteiger partial charge in [0.15, 0.2) is 5.78 Å². The van der Waals surface area contributed by atoms with Crippen LogP contribution in [0.25, 0.3) is 0 Å². The van der Waals surface area contributed by atoms with E-state index in [2.05, 4.69) is 5.32 Å². The van der Waals surface area contributed by atoms with Crippen LogP contribution in [0.15, 0.2) is 60.7 Å². The summed E-state index contributed by atoms with van der Waals surface area (Å²) in [6, 6.07) is 18.0. The molecule has 1 aliphatic heterocycles. The monoisotopic (exact) mass is 423 g/mol. The number of rotatable bonds is 9. The fourth-order valence-corrected chi connectivity index (χ4v) is 3.96. The number of esters is 2. The molecule has 1 aliphatic rings. The fourth-order valence-electron chi connectivity index (χ4n) is 3.96. The SMILES string of the molecule is CCOC(=O)[C@@](C)(Cc1ccccc1)OC(=O)[C@@H](C(=O)c1ccccc1)[C@H]1CCNC1. The molecule has 1 fully saturated rings. The third-order valence-electron chi connectivity index (χ3n) is 5.58. The van der Waals surface area contributed by atoms with Crippen molar-refractivity contribution >= 4 is 17.7 Å². The van der Waals surface area contributed by atoms with E-state index < -0.39 is 23.5 Å². The van der Waals surface area contributed by atoms with Gasteiger partial charge in [-0.2, -0.15) is 0 Å². The van der Waals surface area contributed by atoms with Crippen molar-refractivity contribution < 1.29 is 23.9 Å². The summed E-state index contributed by atoms with van der Waals surface area (Å²) in [6.45, 7) is 4.70. The molecule has 3 atom stereocenters. The second-order valence-electron chi connectivity index (χ2n) is 8.00. The largest absolute Gasteiger partial charge is 0.463 e. The zero-order chi connectivity index (χ0) is 22.3. The molecule has 164 valence electrons. The second kappa shape index (κ2) is 10.4. The van der Waals surface area contributed by atoms with Gasteiger partial charge in [-0.1, -0.05) is 60.7 Å². The number of nitrogens with one attached hydrogen (secondary N) is 1. The van der Waals surface area contributed by atoms with E-state index >= 15 is 0 Å². The van der Waals surface area contributed by atoms with Gasteiger partial charge in [-0.15, -0.1) is 0 Å². The van der Waals surface area contributed by atoms with E-state index in [1.165, 1.54) is 0 Å². The molecule has 1 N–H and O–H groups in total. The topological polar surface area (TPSA) is 81.7 Å². The lowest BCUT2D eigenvalue weighted by Gasteiger charge is -2.30. The zero-order valence-electron chi connectivity index (χ0n) is 18.0. The fraction of sp³-hybridized carbons (Fsp3) is 0.400. The van der Waals surface area contributed by atoms with Gasteiger partial charge in [0, 0.05) is 12.0 Å². The molecule has 1 saturated heterocycles. The van der Waals surface area contributed by atoms with Crippen LogP contribution >= 0.6 is 0 Å². The average molecular weight is 424 g/mol. The number of carbonyl (C=O) groups is 3. The number of ether oxygens (including phenoxy) is 2. The smallest absolute Gasteiger partial charge is 0.350 e. The first kappa shape index (κ1) is 22.7. The molecule has 0 saturated carbocycles. The van der Waals surface area contributed by atoms with Crippen molar-refractivity contribution in [2.24, 2.45) is 11.8 Å². The van der Waals surface area contributed by atoms with E-state index in [0.29, 0.717) is 18.5 Å². The van der Waals surface area contributed by atoms with Crippen molar-refractivity contribution in [2.75, 3.05) is 19.7 Å². The maximum atomic E-state index is 13.4. The highest BCUT2D eigenvalue weighted by Gasteiger charge is 2.45. The number of carbonyl (C=O) groups excluding carboxylic acids is 3. The van der Waals surface area contributed by atoms with Crippen LogP contribution in [0.1, 0.15) is 36.2 Å². The number of ketones is 1. The van der Waals surface area contributed by atoms with Crippen molar-refractivity contribution in [2.45, 2.75) is 32.3 Å². The van der Waals surface area contributed by atoms with E-state index in [1.54, 1.807) is 38.1 Å². The highest BCUT2D eigenvalue weighted by atomic mass is 16.6. The van der Waals surface area contributed by atoms with Gasteiger partial charge in [-0.25, -0.2) is 4.79 Å². The lowest BCUT2D eigenvalue weighted by atomic mass is 9.84. The Morgan fingerprint density at radius 1 is 1.06 bits per heavy atom. The molecule has 0 spiro atoms. The van der Waals surface area contributed by atoms with Crippen LogP contribution < -0.4 is 5.32 Å². The molecule has 1 heterocycles. The maximum absolute atomic E-state index is 13.4. The van der Waals surface area contributed by atoms with Crippen LogP contribution in [0, 0.1) is 11.8 Å². The van der Waals surface area contributed by atoms with Crippen LogP contribution in [0.4, 0.5) is 0 Å². The summed E-state index contributed by atoms with van der Waals surface area (Å²) in [6.07, 6.45) is 0.848. The van der Waals surface area contributed by atoms with Crippen LogP contribution in [0.3, 0.4) is 0 Å². The Kier molecular flexibility index (Phi) is 7.58. The molecule has 3 rings (SSSR count). The molecule has 31 heavy (non-hydrogen) atoms. The quantitative estimate of drug-likeness (QED) is 0.379. The molecule has 0 aliphatic carbocycles. The highest BCUT2D eigenvalue weighted by molar-refractivity contribution is 6.09. The van der Waals surface area contributed by atoms with Crippen LogP contribution in [0.2, 0.25) is 0 Å². The van der Waals surface area contributed by atoms with Gasteiger partial charge >= 0.3 is 11.9 Å². The van der Waals surface area contributed by atoms with E-state index in [1.807, 2.05) is 36.4 Å². The van der Waals surface area contributed by atoms with Crippen molar-refractivity contribution in [3.05, 3.63) is 71.8 Å². The van der Waals surface area contributed by atoms with Crippen molar-refractivity contribution in [1.82, 2.24) is 5.32 Å². The second-order valence-corrected chi connectivity index (χ2v) is 8.00. The zero-order valence-corrected chi connectivity index (χ0v) is 18.0. The number of Topliss-reactive ketones (excluding diaryl/α,β-unsaturated/α-hetero) is 1. The third-order valence-corrected chi connectivity index (χ3v) is 5.58. The standard InChI is InChI=1S/C25H29NO5/c1-3-30-24(29)25(2,16-18-10-6-4-7-11-18)31-23(28)21(20-14-15-26-17-20)22(27)19-12-8-5-9-13-19/h4-13,20-21,26H,3,14-17H2,1-2H3/t20-,21+,25+/m0/s1. The maximum Gasteiger partial charge on any atom is 0.350 e. The summed E-state index contributed by atoms with van der Waals surface area (Å²) < 4.78 is 11.0. The van der Waals surface area contributed by atoms with Gasteiger partial charge in [0.25, 0.3) is 0 Å². The minimum atomic E-state index is -1.53. The normalized spacial score (nSPS) is 18.6. The molecular formula is C25H29NO5. The molecule has 2 aromatic rings. The minimum absolute atomic E-state index is 0.160. The lowest BCUT2D eigenvalue weighted by molar-refractivity contribution is -0.183. The number of hydrogen-bond acceptors (Lipinski definition) is 6. The van der Waals surface area contributed by atoms with Gasteiger partial charge in [-0.05, 0) is 44.8 Å². The first-order valence-corrected chi connectivity index (χ1v) is 10.7. The Morgan fingerprint density at radius 2 is 1.71 bits per heavy atom. The average Bonchev–Trinajstić information content (AvgIpc) is 3.29. The summed E-state index contributed by atoms with van der Waals surface area (Å²) in [5.74, 6) is -2.77. The Bertz CT molecular complexity index is 893. The Balaban J connectivity index is 1.88. The minimum Gasteiger partial charge on any atom is -0.463 e. The van der Waals surface area contributed by atoms with E-state index in [9.17, 15) is 14.4 Å². The molecule has 2 aromatic carbocycles. The summed E-state index contributed by atoms with van der Waals surface area (Å²) in [5.41, 5.74) is -0.244. The van der Waals surface area contributed by atoms with E-state index in [4.69, 9.17) is 9.47 Å². The number of benzene rings is 2. The lowest BCUT2D eigenvalue weighted by Crippen LogP contribution is -2.47. The summed E-state index contributed by atoms with van der Waals surface area (Å²) in [4.78, 5) is 39.4. The highest BCUT2D eigenvalue weighted by Crippen LogP contribution is 2.28. The summed E-state index contributed by atoms with van der Waals surface area (Å²) >= 11 is 0. The molecule has 6 nitrogen and oxygen atoms in total. The van der Waals surface area contributed by atoms with Gasteiger partial charge in [0.05, 0.1) is 6.61 Å². The third kappa shape index (κ3) is 5.58. The molecule has 6 heteroatoms. The van der Waals surface area contributed by atoms with E-state index in [0.717, 1.165) is 12.1 Å². The van der Waals surface area contributed by atoms with Gasteiger partial charge in [0.1, 0.15) is 5.92 Å². The molecule has 0 bridgehead atoms. The van der Waals surface area contributed by atoms with Gasteiger partial charge in [0.2, 0.25) is 5.60 Å². The van der Waals surface area contributed by atoms with Crippen LogP contribution in [-0.2, 0) is 25.5 Å². The van der Waals surface area contributed by atoms with E-state index in [-0.39, 0.29) is 24.7 Å². The predicted molar refractivity (Wildman–Crippen MR) is 117 cm³/mol. The summed E-state index contributed by atoms with van der Waals surface area (Å²) in [7, 11) is 0. The van der Waals surface area contributed by atoms with Crippen LogP contribution in [0.5, 0.6) is 0 Å². The predicted octanol–water partition coefficient (Wildman–Crippen LogP) is 3.20. The van der Waals surface area contributed by atoms with Crippen molar-refractivity contribution in [3.8, 4) is 0 Å². The van der Waals surface area contributed by atoms with Gasteiger partial charge < -0.3 is 14.8 Å². The first-order chi connectivity index (χ1) is 14.9. The van der Waals surface area contributed by atoms with Gasteiger partial charge in [-0.3, -0.25) is 9.59 Å². The van der Waals surface area contributed by atoms with Crippen molar-refractivity contribution in [1.29, 1.82) is 0 Å². The molecule has 0 amide bonds. The molecular weight excluding hydrogens is 394 g/mol. The molecule has 0 aromatic heterocycles. The Labute approximate surface area is 182 Å². The first-order valence-electron chi connectivity index (χ1n) is 10.7.